The maximum atomic E-state index is 9.05. The third-order valence-electron chi connectivity index (χ3n) is 2.38. The van der Waals surface area contributed by atoms with Gasteiger partial charge in [0.15, 0.2) is 0 Å². The predicted molar refractivity (Wildman–Crippen MR) is 67.5 cm³/mol. The molecule has 0 aliphatic carbocycles. The lowest BCUT2D eigenvalue weighted by molar-refractivity contribution is 0.425. The fourth-order valence-corrected chi connectivity index (χ4v) is 1.47. The van der Waals surface area contributed by atoms with Gasteiger partial charge in [0, 0.05) is 0 Å². The molecule has 0 aliphatic heterocycles. The lowest BCUT2D eigenvalue weighted by Crippen LogP contribution is -2.29. The summed E-state index contributed by atoms with van der Waals surface area (Å²) in [6.07, 6.45) is 0. The van der Waals surface area contributed by atoms with Gasteiger partial charge in [-0.1, -0.05) is 12.1 Å². The minimum atomic E-state index is -1.52. The number of benzene rings is 2. The van der Waals surface area contributed by atoms with E-state index in [1.54, 1.807) is 48.5 Å². The van der Waals surface area contributed by atoms with Gasteiger partial charge in [-0.15, -0.1) is 0 Å². The molecule has 2 aromatic rings. The highest BCUT2D eigenvalue weighted by Gasteiger charge is 2.11. The lowest BCUT2D eigenvalue weighted by atomic mass is 9.80. The number of ether oxygens (including phenoxy) is 1. The van der Waals surface area contributed by atoms with E-state index in [9.17, 15) is 0 Å². The molecule has 5 heteroatoms. The molecule has 0 aromatic heterocycles. The molecular formula is C13H10BNO3. The molecule has 18 heavy (non-hydrogen) atoms. The van der Waals surface area contributed by atoms with Crippen molar-refractivity contribution in [3.8, 4) is 17.6 Å². The van der Waals surface area contributed by atoms with Crippen molar-refractivity contribution in [1.29, 1.82) is 5.26 Å². The molecule has 2 N–H and O–H groups in total. The first-order valence-corrected chi connectivity index (χ1v) is 5.33. The van der Waals surface area contributed by atoms with Crippen molar-refractivity contribution >= 4 is 12.6 Å². The largest absolute Gasteiger partial charge is 0.488 e. The topological polar surface area (TPSA) is 73.5 Å². The van der Waals surface area contributed by atoms with Crippen LogP contribution in [0.3, 0.4) is 0 Å². The van der Waals surface area contributed by atoms with Gasteiger partial charge >= 0.3 is 7.12 Å². The quantitative estimate of drug-likeness (QED) is 0.784. The van der Waals surface area contributed by atoms with Gasteiger partial charge < -0.3 is 14.8 Å². The van der Waals surface area contributed by atoms with Gasteiger partial charge in [0.2, 0.25) is 0 Å². The zero-order valence-corrected chi connectivity index (χ0v) is 9.45. The maximum Gasteiger partial charge on any atom is 0.488 e. The zero-order valence-electron chi connectivity index (χ0n) is 9.45. The number of nitriles is 1. The van der Waals surface area contributed by atoms with Gasteiger partial charge in [0.25, 0.3) is 0 Å². The van der Waals surface area contributed by atoms with E-state index < -0.39 is 7.12 Å². The number of hydrogen-bond acceptors (Lipinski definition) is 4. The predicted octanol–water partition coefficient (Wildman–Crippen LogP) is 1.03. The van der Waals surface area contributed by atoms with Crippen LogP contribution in [-0.4, -0.2) is 17.2 Å². The van der Waals surface area contributed by atoms with Crippen LogP contribution in [0.1, 0.15) is 5.56 Å². The van der Waals surface area contributed by atoms with Crippen molar-refractivity contribution < 1.29 is 14.8 Å². The summed E-state index contributed by atoms with van der Waals surface area (Å²) >= 11 is 0. The van der Waals surface area contributed by atoms with Gasteiger partial charge in [-0.3, -0.25) is 0 Å². The van der Waals surface area contributed by atoms with Gasteiger partial charge in [-0.05, 0) is 41.9 Å². The van der Waals surface area contributed by atoms with E-state index in [1.165, 1.54) is 0 Å². The first kappa shape index (κ1) is 12.2. The molecule has 0 aliphatic rings. The molecule has 0 atom stereocenters. The van der Waals surface area contributed by atoms with Crippen molar-refractivity contribution in [2.24, 2.45) is 0 Å². The van der Waals surface area contributed by atoms with Gasteiger partial charge in [-0.25, -0.2) is 0 Å². The zero-order chi connectivity index (χ0) is 13.0. The standard InChI is InChI=1S/C13H10BNO3/c15-9-10-4-6-12(7-5-10)18-13-3-1-2-11(8-13)14(16)17/h1-8,16-17H. The lowest BCUT2D eigenvalue weighted by Gasteiger charge is -2.07. The Labute approximate surface area is 105 Å². The second kappa shape index (κ2) is 5.36. The van der Waals surface area contributed by atoms with E-state index in [1.807, 2.05) is 6.07 Å². The Morgan fingerprint density at radius 3 is 2.33 bits per heavy atom. The monoisotopic (exact) mass is 239 g/mol. The minimum Gasteiger partial charge on any atom is -0.457 e. The minimum absolute atomic E-state index is 0.362. The average Bonchev–Trinajstić information content (AvgIpc) is 2.40. The molecule has 2 rings (SSSR count). The fraction of sp³-hybridized carbons (Fsp3) is 0. The smallest absolute Gasteiger partial charge is 0.457 e. The summed E-state index contributed by atoms with van der Waals surface area (Å²) in [4.78, 5) is 0. The Balaban J connectivity index is 2.18. The van der Waals surface area contributed by atoms with Gasteiger partial charge in [-0.2, -0.15) is 5.26 Å². The van der Waals surface area contributed by atoms with Crippen LogP contribution in [0.4, 0.5) is 0 Å². The number of rotatable bonds is 3. The third-order valence-corrected chi connectivity index (χ3v) is 2.38. The van der Waals surface area contributed by atoms with Crippen LogP contribution in [0.5, 0.6) is 11.5 Å². The molecule has 0 bridgehead atoms. The van der Waals surface area contributed by atoms with Crippen LogP contribution in [-0.2, 0) is 0 Å². The second-order valence-corrected chi connectivity index (χ2v) is 3.68. The van der Waals surface area contributed by atoms with Crippen molar-refractivity contribution in [2.75, 3.05) is 0 Å². The number of nitrogens with zero attached hydrogens (tertiary/aromatic N) is 1. The average molecular weight is 239 g/mol. The SMILES string of the molecule is N#Cc1ccc(Oc2cccc(B(O)O)c2)cc1. The van der Waals surface area contributed by atoms with E-state index in [-0.39, 0.29) is 0 Å². The molecule has 0 spiro atoms. The summed E-state index contributed by atoms with van der Waals surface area (Å²) in [7, 11) is -1.52. The first-order chi connectivity index (χ1) is 8.69. The molecule has 0 saturated carbocycles. The van der Waals surface area contributed by atoms with E-state index >= 15 is 0 Å². The van der Waals surface area contributed by atoms with Crippen LogP contribution in [0.25, 0.3) is 0 Å². The molecule has 0 amide bonds. The molecule has 0 radical (unpaired) electrons. The molecular weight excluding hydrogens is 229 g/mol. The molecule has 4 nitrogen and oxygen atoms in total. The Morgan fingerprint density at radius 2 is 1.72 bits per heavy atom. The molecule has 88 valence electrons. The van der Waals surface area contributed by atoms with Crippen LogP contribution in [0, 0.1) is 11.3 Å². The van der Waals surface area contributed by atoms with Crippen molar-refractivity contribution in [1.82, 2.24) is 0 Å². The summed E-state index contributed by atoms with van der Waals surface area (Å²) in [5.41, 5.74) is 0.919. The number of hydrogen-bond donors (Lipinski definition) is 2. The van der Waals surface area contributed by atoms with Crippen molar-refractivity contribution in [2.45, 2.75) is 0 Å². The second-order valence-electron chi connectivity index (χ2n) is 3.68. The van der Waals surface area contributed by atoms with Crippen molar-refractivity contribution in [3.05, 3.63) is 54.1 Å². The fourth-order valence-electron chi connectivity index (χ4n) is 1.47. The Bertz CT molecular complexity index is 576. The van der Waals surface area contributed by atoms with Crippen LogP contribution in [0.15, 0.2) is 48.5 Å². The van der Waals surface area contributed by atoms with Gasteiger partial charge in [0.05, 0.1) is 11.6 Å². The van der Waals surface area contributed by atoms with E-state index in [2.05, 4.69) is 0 Å². The van der Waals surface area contributed by atoms with Crippen LogP contribution >= 0.6 is 0 Å². The Kier molecular flexibility index (Phi) is 3.63. The first-order valence-electron chi connectivity index (χ1n) is 5.33. The molecule has 0 saturated heterocycles. The highest BCUT2D eigenvalue weighted by atomic mass is 16.5. The van der Waals surface area contributed by atoms with E-state index in [0.29, 0.717) is 22.5 Å². The molecule has 0 unspecified atom stereocenters. The van der Waals surface area contributed by atoms with Crippen molar-refractivity contribution in [3.63, 3.8) is 0 Å². The van der Waals surface area contributed by atoms with E-state index in [0.717, 1.165) is 0 Å². The third kappa shape index (κ3) is 2.89. The summed E-state index contributed by atoms with van der Waals surface area (Å²) in [6, 6.07) is 15.2. The van der Waals surface area contributed by atoms with Crippen LogP contribution in [0.2, 0.25) is 0 Å². The Morgan fingerprint density at radius 1 is 1.00 bits per heavy atom. The molecule has 2 aromatic carbocycles. The van der Waals surface area contributed by atoms with E-state index in [4.69, 9.17) is 20.0 Å². The summed E-state index contributed by atoms with van der Waals surface area (Å²) < 4.78 is 5.54. The highest BCUT2D eigenvalue weighted by Crippen LogP contribution is 2.20. The van der Waals surface area contributed by atoms with Crippen LogP contribution < -0.4 is 10.2 Å². The summed E-state index contributed by atoms with van der Waals surface area (Å²) in [5.74, 6) is 1.09. The van der Waals surface area contributed by atoms with Gasteiger partial charge in [0.1, 0.15) is 11.5 Å². The Hall–Kier alpha value is -2.29. The highest BCUT2D eigenvalue weighted by molar-refractivity contribution is 6.58. The summed E-state index contributed by atoms with van der Waals surface area (Å²) in [6.45, 7) is 0. The normalized spacial score (nSPS) is 9.61. The summed E-state index contributed by atoms with van der Waals surface area (Å²) in [5, 5.41) is 26.8. The molecule has 0 heterocycles. The molecule has 0 fully saturated rings. The maximum absolute atomic E-state index is 9.05.